The van der Waals surface area contributed by atoms with Crippen molar-refractivity contribution >= 4 is 5.97 Å². The van der Waals surface area contributed by atoms with E-state index < -0.39 is 5.97 Å². The topological polar surface area (TPSA) is 70.3 Å². The van der Waals surface area contributed by atoms with E-state index in [-0.39, 0.29) is 18.6 Å². The Morgan fingerprint density at radius 2 is 2.29 bits per heavy atom. The zero-order chi connectivity index (χ0) is 12.8. The van der Waals surface area contributed by atoms with Crippen molar-refractivity contribution in [3.05, 3.63) is 41.5 Å². The predicted octanol–water partition coefficient (Wildman–Crippen LogP) is 1.73. The molecule has 0 fully saturated rings. The van der Waals surface area contributed by atoms with E-state index >= 15 is 0 Å². The van der Waals surface area contributed by atoms with Gasteiger partial charge in [-0.15, -0.1) is 0 Å². The van der Waals surface area contributed by atoms with Gasteiger partial charge in [-0.1, -0.05) is 12.6 Å². The van der Waals surface area contributed by atoms with Crippen LogP contribution in [0.2, 0.25) is 0 Å². The fourth-order valence-electron chi connectivity index (χ4n) is 1.24. The summed E-state index contributed by atoms with van der Waals surface area (Å²) in [7, 11) is 0. The van der Waals surface area contributed by atoms with E-state index in [1.54, 1.807) is 25.1 Å². The molecule has 1 aromatic carbocycles. The SMILES string of the molecule is C=C(C)C(=O)Oc1ccc(CC#N)cc1CO. The highest BCUT2D eigenvalue weighted by Crippen LogP contribution is 2.21. The standard InChI is InChI=1S/C13H13NO3/c1-9(2)13(16)17-12-4-3-10(5-6-14)7-11(12)8-15/h3-4,7,15H,1,5,8H2,2H3. The van der Waals surface area contributed by atoms with Gasteiger partial charge >= 0.3 is 5.97 Å². The third-order valence-electron chi connectivity index (χ3n) is 2.13. The lowest BCUT2D eigenvalue weighted by molar-refractivity contribution is -0.130. The fraction of sp³-hybridized carbons (Fsp3) is 0.231. The molecule has 0 saturated carbocycles. The Balaban J connectivity index is 2.97. The molecular weight excluding hydrogens is 218 g/mol. The van der Waals surface area contributed by atoms with Crippen LogP contribution in [0.3, 0.4) is 0 Å². The van der Waals surface area contributed by atoms with Crippen molar-refractivity contribution in [2.24, 2.45) is 0 Å². The maximum atomic E-state index is 11.3. The number of nitriles is 1. The Bertz CT molecular complexity index is 486. The largest absolute Gasteiger partial charge is 0.423 e. The van der Waals surface area contributed by atoms with E-state index in [0.717, 1.165) is 5.56 Å². The van der Waals surface area contributed by atoms with Crippen LogP contribution in [0.5, 0.6) is 5.75 Å². The van der Waals surface area contributed by atoms with Crippen LogP contribution in [0.1, 0.15) is 18.1 Å². The van der Waals surface area contributed by atoms with Crippen molar-refractivity contribution in [2.45, 2.75) is 20.0 Å². The molecule has 4 heteroatoms. The summed E-state index contributed by atoms with van der Waals surface area (Å²) in [6, 6.07) is 6.91. The Kier molecular flexibility index (Phi) is 4.44. The van der Waals surface area contributed by atoms with Crippen molar-refractivity contribution in [3.63, 3.8) is 0 Å². The lowest BCUT2D eigenvalue weighted by Crippen LogP contribution is -2.10. The van der Waals surface area contributed by atoms with Gasteiger partial charge in [-0.2, -0.15) is 5.26 Å². The highest BCUT2D eigenvalue weighted by Gasteiger charge is 2.10. The van der Waals surface area contributed by atoms with E-state index in [9.17, 15) is 4.79 Å². The van der Waals surface area contributed by atoms with Crippen LogP contribution in [0.15, 0.2) is 30.4 Å². The molecule has 17 heavy (non-hydrogen) atoms. The van der Waals surface area contributed by atoms with E-state index in [4.69, 9.17) is 15.1 Å². The summed E-state index contributed by atoms with van der Waals surface area (Å²) in [5.41, 5.74) is 1.54. The van der Waals surface area contributed by atoms with Gasteiger partial charge in [0.05, 0.1) is 19.1 Å². The molecule has 0 atom stereocenters. The summed E-state index contributed by atoms with van der Waals surface area (Å²) in [5, 5.41) is 17.7. The smallest absolute Gasteiger partial charge is 0.338 e. The molecule has 0 unspecified atom stereocenters. The van der Waals surface area contributed by atoms with Crippen LogP contribution in [0.25, 0.3) is 0 Å². The van der Waals surface area contributed by atoms with E-state index in [2.05, 4.69) is 6.58 Å². The Morgan fingerprint density at radius 3 is 2.82 bits per heavy atom. The number of ether oxygens (including phenoxy) is 1. The molecule has 0 saturated heterocycles. The van der Waals surface area contributed by atoms with Gasteiger partial charge in [0.2, 0.25) is 0 Å². The van der Waals surface area contributed by atoms with Crippen molar-refractivity contribution in [3.8, 4) is 11.8 Å². The van der Waals surface area contributed by atoms with E-state index in [1.807, 2.05) is 6.07 Å². The molecule has 0 heterocycles. The van der Waals surface area contributed by atoms with Gasteiger partial charge in [0.15, 0.2) is 0 Å². The maximum Gasteiger partial charge on any atom is 0.338 e. The van der Waals surface area contributed by atoms with Gasteiger partial charge < -0.3 is 9.84 Å². The minimum absolute atomic E-state index is 0.252. The number of aliphatic hydroxyl groups is 1. The predicted molar refractivity (Wildman–Crippen MR) is 62.1 cm³/mol. The molecule has 0 radical (unpaired) electrons. The average Bonchev–Trinajstić information content (AvgIpc) is 2.31. The summed E-state index contributed by atoms with van der Waals surface area (Å²) < 4.78 is 5.05. The molecular formula is C13H13NO3. The summed E-state index contributed by atoms with van der Waals surface area (Å²) in [5.74, 6) is -0.241. The normalized spacial score (nSPS) is 9.47. The summed E-state index contributed by atoms with van der Waals surface area (Å²) in [4.78, 5) is 11.3. The molecule has 1 rings (SSSR count). The minimum Gasteiger partial charge on any atom is -0.423 e. The lowest BCUT2D eigenvalue weighted by Gasteiger charge is -2.09. The zero-order valence-corrected chi connectivity index (χ0v) is 9.56. The number of nitrogens with zero attached hydrogens (tertiary/aromatic N) is 1. The number of benzene rings is 1. The van der Waals surface area contributed by atoms with E-state index in [1.165, 1.54) is 0 Å². The second-order valence-electron chi connectivity index (χ2n) is 3.60. The third-order valence-corrected chi connectivity index (χ3v) is 2.13. The molecule has 0 aromatic heterocycles. The number of hydrogen-bond acceptors (Lipinski definition) is 4. The Labute approximate surface area is 99.8 Å². The lowest BCUT2D eigenvalue weighted by atomic mass is 10.1. The first-order chi connectivity index (χ1) is 8.08. The van der Waals surface area contributed by atoms with Crippen molar-refractivity contribution < 1.29 is 14.6 Å². The quantitative estimate of drug-likeness (QED) is 0.486. The van der Waals surface area contributed by atoms with Gasteiger partial charge in [-0.3, -0.25) is 0 Å². The highest BCUT2D eigenvalue weighted by molar-refractivity contribution is 5.88. The van der Waals surface area contributed by atoms with E-state index in [0.29, 0.717) is 11.3 Å². The molecule has 0 aliphatic rings. The molecule has 0 bridgehead atoms. The van der Waals surface area contributed by atoms with Crippen LogP contribution in [-0.4, -0.2) is 11.1 Å². The molecule has 0 spiro atoms. The highest BCUT2D eigenvalue weighted by atomic mass is 16.5. The maximum absolute atomic E-state index is 11.3. The van der Waals surface area contributed by atoms with Crippen molar-refractivity contribution in [2.75, 3.05) is 0 Å². The number of aliphatic hydroxyl groups excluding tert-OH is 1. The number of carbonyl (C=O) groups is 1. The first-order valence-corrected chi connectivity index (χ1v) is 5.05. The first-order valence-electron chi connectivity index (χ1n) is 5.05. The summed E-state index contributed by atoms with van der Waals surface area (Å²) >= 11 is 0. The summed E-state index contributed by atoms with van der Waals surface area (Å²) in [6.07, 6.45) is 0.252. The van der Waals surface area contributed by atoms with Crippen LogP contribution < -0.4 is 4.74 Å². The van der Waals surface area contributed by atoms with Gasteiger partial charge in [-0.05, 0) is 24.6 Å². The van der Waals surface area contributed by atoms with Crippen LogP contribution >= 0.6 is 0 Å². The Morgan fingerprint density at radius 1 is 1.59 bits per heavy atom. The van der Waals surface area contributed by atoms with Crippen LogP contribution in [0.4, 0.5) is 0 Å². The van der Waals surface area contributed by atoms with Gasteiger partial charge in [0.25, 0.3) is 0 Å². The summed E-state index contributed by atoms with van der Waals surface area (Å²) in [6.45, 7) is 4.77. The van der Waals surface area contributed by atoms with Crippen LogP contribution in [-0.2, 0) is 17.8 Å². The molecule has 1 N–H and O–H groups in total. The third kappa shape index (κ3) is 3.44. The Hall–Kier alpha value is -2.12. The monoisotopic (exact) mass is 231 g/mol. The van der Waals surface area contributed by atoms with Crippen LogP contribution in [0, 0.1) is 11.3 Å². The van der Waals surface area contributed by atoms with Crippen molar-refractivity contribution in [1.82, 2.24) is 0 Å². The number of hydrogen-bond donors (Lipinski definition) is 1. The number of esters is 1. The second kappa shape index (κ2) is 5.83. The number of rotatable bonds is 4. The fourth-order valence-corrected chi connectivity index (χ4v) is 1.24. The minimum atomic E-state index is -0.535. The number of carbonyl (C=O) groups excluding carboxylic acids is 1. The molecule has 1 aromatic rings. The van der Waals surface area contributed by atoms with Gasteiger partial charge in [0, 0.05) is 11.1 Å². The average molecular weight is 231 g/mol. The molecule has 4 nitrogen and oxygen atoms in total. The molecule has 0 amide bonds. The molecule has 0 aliphatic carbocycles. The van der Waals surface area contributed by atoms with Gasteiger partial charge in [0.1, 0.15) is 5.75 Å². The van der Waals surface area contributed by atoms with Crippen molar-refractivity contribution in [1.29, 1.82) is 5.26 Å². The van der Waals surface area contributed by atoms with Gasteiger partial charge in [-0.25, -0.2) is 4.79 Å². The second-order valence-corrected chi connectivity index (χ2v) is 3.60. The molecule has 88 valence electrons. The first kappa shape index (κ1) is 12.9. The molecule has 0 aliphatic heterocycles. The zero-order valence-electron chi connectivity index (χ0n) is 9.56.